The zero-order chi connectivity index (χ0) is 19.8. The Kier molecular flexibility index (Phi) is 7.20. The first-order valence-electron chi connectivity index (χ1n) is 9.84. The molecule has 0 radical (unpaired) electrons. The summed E-state index contributed by atoms with van der Waals surface area (Å²) in [5.74, 6) is -0.545. The predicted octanol–water partition coefficient (Wildman–Crippen LogP) is 4.21. The largest absolute Gasteiger partial charge is 0.447 e. The maximum absolute atomic E-state index is 13.1. The van der Waals surface area contributed by atoms with Gasteiger partial charge in [0.25, 0.3) is 0 Å². The van der Waals surface area contributed by atoms with Crippen molar-refractivity contribution in [2.45, 2.75) is 38.8 Å². The van der Waals surface area contributed by atoms with Crippen LogP contribution in [0.25, 0.3) is 0 Å². The molecule has 0 N–H and O–H groups in total. The predicted molar refractivity (Wildman–Crippen MR) is 107 cm³/mol. The zero-order valence-electron chi connectivity index (χ0n) is 16.3. The molecule has 2 aromatic carbocycles. The van der Waals surface area contributed by atoms with E-state index in [-0.39, 0.29) is 24.5 Å². The summed E-state index contributed by atoms with van der Waals surface area (Å²) in [4.78, 5) is 26.7. The van der Waals surface area contributed by atoms with Crippen molar-refractivity contribution in [3.63, 3.8) is 0 Å². The summed E-state index contributed by atoms with van der Waals surface area (Å²) in [6.07, 6.45) is 1.57. The average molecular weight is 381 g/mol. The van der Waals surface area contributed by atoms with E-state index in [0.29, 0.717) is 26.1 Å². The standard InChI is InChI=1S/C23H27NO4/c1-2-9-20(16-27-15-19-12-7-4-8-13-19)22(25)24-21(17-28-23(24)26)14-18-10-5-3-6-11-18/h3-8,10-13,20-21H,2,9,14-17H2,1H3. The van der Waals surface area contributed by atoms with Crippen molar-refractivity contribution in [3.05, 3.63) is 71.8 Å². The van der Waals surface area contributed by atoms with Crippen LogP contribution in [-0.2, 0) is 27.3 Å². The van der Waals surface area contributed by atoms with Gasteiger partial charge in [0.05, 0.1) is 25.2 Å². The zero-order valence-corrected chi connectivity index (χ0v) is 16.3. The van der Waals surface area contributed by atoms with Crippen molar-refractivity contribution in [1.82, 2.24) is 4.90 Å². The Balaban J connectivity index is 1.63. The van der Waals surface area contributed by atoms with Crippen molar-refractivity contribution in [2.75, 3.05) is 13.2 Å². The molecular weight excluding hydrogens is 354 g/mol. The fourth-order valence-electron chi connectivity index (χ4n) is 3.48. The quantitative estimate of drug-likeness (QED) is 0.653. The third kappa shape index (κ3) is 5.20. The summed E-state index contributed by atoms with van der Waals surface area (Å²) >= 11 is 0. The molecule has 1 saturated heterocycles. The van der Waals surface area contributed by atoms with Crippen molar-refractivity contribution >= 4 is 12.0 Å². The number of nitrogens with zero attached hydrogens (tertiary/aromatic N) is 1. The Hall–Kier alpha value is -2.66. The molecule has 1 aliphatic rings. The molecule has 1 heterocycles. The van der Waals surface area contributed by atoms with Gasteiger partial charge >= 0.3 is 6.09 Å². The minimum atomic E-state index is -0.546. The molecule has 1 fully saturated rings. The lowest BCUT2D eigenvalue weighted by molar-refractivity contribution is -0.136. The maximum Gasteiger partial charge on any atom is 0.416 e. The van der Waals surface area contributed by atoms with Gasteiger partial charge in [0, 0.05) is 0 Å². The molecule has 2 unspecified atom stereocenters. The van der Waals surface area contributed by atoms with E-state index in [1.165, 1.54) is 4.90 Å². The van der Waals surface area contributed by atoms with E-state index in [4.69, 9.17) is 9.47 Å². The monoisotopic (exact) mass is 381 g/mol. The summed E-state index contributed by atoms with van der Waals surface area (Å²) in [6, 6.07) is 19.4. The highest BCUT2D eigenvalue weighted by Gasteiger charge is 2.40. The molecule has 3 rings (SSSR count). The number of imide groups is 1. The molecule has 1 aliphatic heterocycles. The second kappa shape index (κ2) is 10.0. The van der Waals surface area contributed by atoms with Crippen molar-refractivity contribution in [3.8, 4) is 0 Å². The molecular formula is C23H27NO4. The summed E-state index contributed by atoms with van der Waals surface area (Å²) < 4.78 is 11.0. The van der Waals surface area contributed by atoms with Crippen LogP contribution in [0.5, 0.6) is 0 Å². The van der Waals surface area contributed by atoms with Gasteiger partial charge in [-0.1, -0.05) is 74.0 Å². The van der Waals surface area contributed by atoms with Gasteiger partial charge in [-0.15, -0.1) is 0 Å². The van der Waals surface area contributed by atoms with Gasteiger partial charge in [-0.05, 0) is 24.0 Å². The minimum absolute atomic E-state index is 0.196. The van der Waals surface area contributed by atoms with Gasteiger partial charge in [0.2, 0.25) is 5.91 Å². The summed E-state index contributed by atoms with van der Waals surface area (Å²) in [5, 5.41) is 0. The van der Waals surface area contributed by atoms with Gasteiger partial charge in [0.15, 0.2) is 0 Å². The summed E-state index contributed by atoms with van der Waals surface area (Å²) in [5.41, 5.74) is 2.14. The number of benzene rings is 2. The Morgan fingerprint density at radius 3 is 2.39 bits per heavy atom. The molecule has 2 aromatic rings. The Labute approximate surface area is 166 Å². The molecule has 2 amide bonds. The molecule has 148 valence electrons. The van der Waals surface area contributed by atoms with Crippen LogP contribution in [-0.4, -0.2) is 36.2 Å². The molecule has 28 heavy (non-hydrogen) atoms. The van der Waals surface area contributed by atoms with Crippen molar-refractivity contribution in [1.29, 1.82) is 0 Å². The Morgan fingerprint density at radius 1 is 1.11 bits per heavy atom. The molecule has 0 bridgehead atoms. The lowest BCUT2D eigenvalue weighted by Crippen LogP contribution is -2.44. The first-order chi connectivity index (χ1) is 13.7. The van der Waals surface area contributed by atoms with E-state index in [0.717, 1.165) is 17.5 Å². The lowest BCUT2D eigenvalue weighted by Gasteiger charge is -2.25. The maximum atomic E-state index is 13.1. The third-order valence-electron chi connectivity index (χ3n) is 4.93. The molecule has 5 heteroatoms. The van der Waals surface area contributed by atoms with E-state index >= 15 is 0 Å². The van der Waals surface area contributed by atoms with Gasteiger partial charge in [-0.25, -0.2) is 9.69 Å². The van der Waals surface area contributed by atoms with E-state index < -0.39 is 6.09 Å². The molecule has 2 atom stereocenters. The first-order valence-corrected chi connectivity index (χ1v) is 9.84. The van der Waals surface area contributed by atoms with Gasteiger partial charge in [0.1, 0.15) is 6.61 Å². The SMILES string of the molecule is CCCC(COCc1ccccc1)C(=O)N1C(=O)OCC1Cc1ccccc1. The fourth-order valence-corrected chi connectivity index (χ4v) is 3.48. The summed E-state index contributed by atoms with van der Waals surface area (Å²) in [6.45, 7) is 3.01. The summed E-state index contributed by atoms with van der Waals surface area (Å²) in [7, 11) is 0. The van der Waals surface area contributed by atoms with Crippen LogP contribution in [0.4, 0.5) is 4.79 Å². The van der Waals surface area contributed by atoms with Gasteiger partial charge in [-0.3, -0.25) is 4.79 Å². The average Bonchev–Trinajstić information content (AvgIpc) is 3.08. The highest BCUT2D eigenvalue weighted by atomic mass is 16.6. The Morgan fingerprint density at radius 2 is 1.75 bits per heavy atom. The number of amides is 2. The van der Waals surface area contributed by atoms with Crippen LogP contribution in [0, 0.1) is 5.92 Å². The molecule has 5 nitrogen and oxygen atoms in total. The van der Waals surface area contributed by atoms with Crippen LogP contribution >= 0.6 is 0 Å². The third-order valence-corrected chi connectivity index (χ3v) is 4.93. The van der Waals surface area contributed by atoms with Crippen LogP contribution < -0.4 is 0 Å². The molecule has 0 aliphatic carbocycles. The van der Waals surface area contributed by atoms with Crippen LogP contribution in [0.15, 0.2) is 60.7 Å². The number of cyclic esters (lactones) is 1. The smallest absolute Gasteiger partial charge is 0.416 e. The van der Waals surface area contributed by atoms with Crippen molar-refractivity contribution in [2.24, 2.45) is 5.92 Å². The molecule has 0 spiro atoms. The number of rotatable bonds is 9. The van der Waals surface area contributed by atoms with E-state index in [1.807, 2.05) is 67.6 Å². The lowest BCUT2D eigenvalue weighted by atomic mass is 10.0. The van der Waals surface area contributed by atoms with Gasteiger partial charge in [-0.2, -0.15) is 0 Å². The first kappa shape index (κ1) is 20.1. The highest BCUT2D eigenvalue weighted by molar-refractivity contribution is 5.94. The van der Waals surface area contributed by atoms with Gasteiger partial charge < -0.3 is 9.47 Å². The van der Waals surface area contributed by atoms with Crippen LogP contribution in [0.3, 0.4) is 0 Å². The second-order valence-corrected chi connectivity index (χ2v) is 7.12. The fraction of sp³-hybridized carbons (Fsp3) is 0.391. The van der Waals surface area contributed by atoms with E-state index in [1.54, 1.807) is 0 Å². The Bertz CT molecular complexity index is 763. The van der Waals surface area contributed by atoms with Crippen LogP contribution in [0.1, 0.15) is 30.9 Å². The number of ether oxygens (including phenoxy) is 2. The number of hydrogen-bond donors (Lipinski definition) is 0. The van der Waals surface area contributed by atoms with Crippen molar-refractivity contribution < 1.29 is 19.1 Å². The normalized spacial score (nSPS) is 17.4. The number of hydrogen-bond acceptors (Lipinski definition) is 4. The number of carbonyl (C=O) groups is 2. The van der Waals surface area contributed by atoms with Crippen LogP contribution in [0.2, 0.25) is 0 Å². The topological polar surface area (TPSA) is 55.8 Å². The highest BCUT2D eigenvalue weighted by Crippen LogP contribution is 2.22. The minimum Gasteiger partial charge on any atom is -0.447 e. The molecule has 0 aromatic heterocycles. The van der Waals surface area contributed by atoms with E-state index in [9.17, 15) is 9.59 Å². The van der Waals surface area contributed by atoms with E-state index in [2.05, 4.69) is 0 Å². The second-order valence-electron chi connectivity index (χ2n) is 7.12. The molecule has 0 saturated carbocycles. The number of carbonyl (C=O) groups excluding carboxylic acids is 2.